The predicted octanol–water partition coefficient (Wildman–Crippen LogP) is 3.41. The number of rotatable bonds is 4. The Bertz CT molecular complexity index is 640. The first kappa shape index (κ1) is 14.3. The summed E-state index contributed by atoms with van der Waals surface area (Å²) in [4.78, 5) is 19.3. The number of aromatic amines is 1. The molecule has 0 aliphatic carbocycles. The van der Waals surface area contributed by atoms with Gasteiger partial charge in [-0.2, -0.15) is 0 Å². The van der Waals surface area contributed by atoms with Gasteiger partial charge in [-0.3, -0.25) is 4.79 Å². The Hall–Kier alpha value is -1.07. The molecule has 2 aromatic rings. The summed E-state index contributed by atoms with van der Waals surface area (Å²) in [6, 6.07) is 8.09. The number of nitrogens with one attached hydrogen (secondary N) is 1. The molecule has 0 atom stereocenters. The van der Waals surface area contributed by atoms with Crippen molar-refractivity contribution in [1.82, 2.24) is 9.97 Å². The van der Waals surface area contributed by atoms with Crippen molar-refractivity contribution in [2.45, 2.75) is 24.9 Å². The Balaban J connectivity index is 2.43. The Labute approximate surface area is 125 Å². The lowest BCUT2D eigenvalue weighted by molar-refractivity contribution is 0.836. The van der Waals surface area contributed by atoms with E-state index in [1.165, 1.54) is 11.8 Å². The van der Waals surface area contributed by atoms with E-state index in [9.17, 15) is 4.79 Å². The van der Waals surface area contributed by atoms with Gasteiger partial charge in [-0.05, 0) is 30.4 Å². The quantitative estimate of drug-likeness (QED) is 0.686. The first-order valence-corrected chi connectivity index (χ1v) is 8.06. The summed E-state index contributed by atoms with van der Waals surface area (Å²) in [5, 5.41) is 0.673. The van der Waals surface area contributed by atoms with Crippen molar-refractivity contribution in [3.8, 4) is 0 Å². The highest BCUT2D eigenvalue weighted by atomic mass is 79.9. The van der Waals surface area contributed by atoms with Crippen molar-refractivity contribution in [2.75, 3.05) is 6.26 Å². The molecule has 1 aromatic heterocycles. The van der Waals surface area contributed by atoms with Crippen LogP contribution in [0, 0.1) is 0 Å². The molecule has 0 saturated heterocycles. The minimum absolute atomic E-state index is 0.0214. The molecule has 0 aliphatic heterocycles. The van der Waals surface area contributed by atoms with Crippen LogP contribution in [0.15, 0.2) is 38.7 Å². The Morgan fingerprint density at radius 1 is 1.42 bits per heavy atom. The second-order valence-electron chi connectivity index (χ2n) is 4.16. The summed E-state index contributed by atoms with van der Waals surface area (Å²) in [5.41, 5.74) is 2.77. The zero-order valence-electron chi connectivity index (χ0n) is 10.9. The molecule has 100 valence electrons. The molecule has 0 bridgehead atoms. The molecule has 2 rings (SSSR count). The summed E-state index contributed by atoms with van der Waals surface area (Å²) >= 11 is 4.92. The lowest BCUT2D eigenvalue weighted by atomic mass is 10.0. The number of aromatic nitrogens is 2. The van der Waals surface area contributed by atoms with Gasteiger partial charge < -0.3 is 4.98 Å². The van der Waals surface area contributed by atoms with Crippen molar-refractivity contribution in [3.63, 3.8) is 0 Å². The van der Waals surface area contributed by atoms with Gasteiger partial charge in [-0.1, -0.05) is 46.7 Å². The number of benzene rings is 1. The Kier molecular flexibility index (Phi) is 4.82. The van der Waals surface area contributed by atoms with Crippen LogP contribution in [0.3, 0.4) is 0 Å². The molecule has 19 heavy (non-hydrogen) atoms. The average Bonchev–Trinajstić information content (AvgIpc) is 2.38. The van der Waals surface area contributed by atoms with Gasteiger partial charge >= 0.3 is 0 Å². The fourth-order valence-electron chi connectivity index (χ4n) is 1.97. The molecule has 1 heterocycles. The highest BCUT2D eigenvalue weighted by Gasteiger charge is 2.10. The van der Waals surface area contributed by atoms with Crippen molar-refractivity contribution >= 4 is 27.7 Å². The predicted molar refractivity (Wildman–Crippen MR) is 83.0 cm³/mol. The molecular weight excluding hydrogens is 324 g/mol. The van der Waals surface area contributed by atoms with E-state index in [0.29, 0.717) is 18.0 Å². The summed E-state index contributed by atoms with van der Waals surface area (Å²) in [7, 11) is 0. The van der Waals surface area contributed by atoms with Crippen LogP contribution in [-0.4, -0.2) is 16.2 Å². The lowest BCUT2D eigenvalue weighted by Gasteiger charge is -2.08. The van der Waals surface area contributed by atoms with Crippen LogP contribution in [0.2, 0.25) is 0 Å². The van der Waals surface area contributed by atoms with Gasteiger partial charge in [0.1, 0.15) is 0 Å². The summed E-state index contributed by atoms with van der Waals surface area (Å²) in [6.07, 6.45) is 3.28. The zero-order valence-corrected chi connectivity index (χ0v) is 13.3. The molecule has 0 unspecified atom stereocenters. The standard InChI is InChI=1S/C14H15BrN2OS/c1-3-11-12(16-14(19-2)17-13(11)18)8-9-5-4-6-10(15)7-9/h4-7H,3,8H2,1-2H3,(H,16,17,18). The van der Waals surface area contributed by atoms with E-state index in [1.54, 1.807) is 0 Å². The van der Waals surface area contributed by atoms with Gasteiger partial charge in [0, 0.05) is 16.5 Å². The van der Waals surface area contributed by atoms with Crippen molar-refractivity contribution in [3.05, 3.63) is 55.9 Å². The monoisotopic (exact) mass is 338 g/mol. The topological polar surface area (TPSA) is 45.8 Å². The molecule has 0 amide bonds. The van der Waals surface area contributed by atoms with E-state index >= 15 is 0 Å². The van der Waals surface area contributed by atoms with Gasteiger partial charge in [0.15, 0.2) is 5.16 Å². The smallest absolute Gasteiger partial charge is 0.254 e. The number of halogens is 1. The third-order valence-electron chi connectivity index (χ3n) is 2.89. The van der Waals surface area contributed by atoms with Gasteiger partial charge in [0.05, 0.1) is 5.69 Å². The summed E-state index contributed by atoms with van der Waals surface area (Å²) in [5.74, 6) is 0. The first-order chi connectivity index (χ1) is 9.13. The van der Waals surface area contributed by atoms with E-state index < -0.39 is 0 Å². The van der Waals surface area contributed by atoms with Crippen molar-refractivity contribution in [2.24, 2.45) is 0 Å². The van der Waals surface area contributed by atoms with E-state index in [2.05, 4.69) is 32.0 Å². The van der Waals surface area contributed by atoms with Crippen molar-refractivity contribution in [1.29, 1.82) is 0 Å². The van der Waals surface area contributed by atoms with Crippen LogP contribution in [0.1, 0.15) is 23.7 Å². The number of hydrogen-bond acceptors (Lipinski definition) is 3. The highest BCUT2D eigenvalue weighted by molar-refractivity contribution is 9.10. The lowest BCUT2D eigenvalue weighted by Crippen LogP contribution is -2.18. The maximum absolute atomic E-state index is 12.0. The SMILES string of the molecule is CCc1c(Cc2cccc(Br)c2)nc(SC)[nH]c1=O. The third kappa shape index (κ3) is 3.48. The van der Waals surface area contributed by atoms with E-state index in [1.807, 2.05) is 31.4 Å². The van der Waals surface area contributed by atoms with Gasteiger partial charge in [0.2, 0.25) is 0 Å². The van der Waals surface area contributed by atoms with E-state index in [-0.39, 0.29) is 5.56 Å². The fourth-order valence-corrected chi connectivity index (χ4v) is 2.81. The molecule has 0 saturated carbocycles. The number of thioether (sulfide) groups is 1. The molecule has 3 nitrogen and oxygen atoms in total. The van der Waals surface area contributed by atoms with Crippen LogP contribution < -0.4 is 5.56 Å². The second kappa shape index (κ2) is 6.39. The molecule has 0 fully saturated rings. The zero-order chi connectivity index (χ0) is 13.8. The minimum atomic E-state index is -0.0214. The maximum Gasteiger partial charge on any atom is 0.254 e. The number of hydrogen-bond donors (Lipinski definition) is 1. The molecule has 5 heteroatoms. The highest BCUT2D eigenvalue weighted by Crippen LogP contribution is 2.17. The van der Waals surface area contributed by atoms with Crippen LogP contribution in [-0.2, 0) is 12.8 Å². The van der Waals surface area contributed by atoms with Crippen LogP contribution in [0.5, 0.6) is 0 Å². The van der Waals surface area contributed by atoms with Crippen LogP contribution in [0.4, 0.5) is 0 Å². The van der Waals surface area contributed by atoms with Gasteiger partial charge in [-0.25, -0.2) is 4.98 Å². The number of H-pyrrole nitrogens is 1. The first-order valence-electron chi connectivity index (χ1n) is 6.04. The van der Waals surface area contributed by atoms with Crippen molar-refractivity contribution < 1.29 is 0 Å². The maximum atomic E-state index is 12.0. The molecule has 0 radical (unpaired) electrons. The molecular formula is C14H15BrN2OS. The molecule has 0 aliphatic rings. The third-order valence-corrected chi connectivity index (χ3v) is 3.96. The van der Waals surface area contributed by atoms with Crippen LogP contribution >= 0.6 is 27.7 Å². The van der Waals surface area contributed by atoms with E-state index in [4.69, 9.17) is 0 Å². The average molecular weight is 339 g/mol. The summed E-state index contributed by atoms with van der Waals surface area (Å²) in [6.45, 7) is 1.98. The van der Waals surface area contributed by atoms with E-state index in [0.717, 1.165) is 21.3 Å². The van der Waals surface area contributed by atoms with Gasteiger partial charge in [0.25, 0.3) is 5.56 Å². The molecule has 0 spiro atoms. The summed E-state index contributed by atoms with van der Waals surface area (Å²) < 4.78 is 1.04. The Morgan fingerprint density at radius 2 is 2.21 bits per heavy atom. The molecule has 1 N–H and O–H groups in total. The largest absolute Gasteiger partial charge is 0.301 e. The minimum Gasteiger partial charge on any atom is -0.301 e. The fraction of sp³-hybridized carbons (Fsp3) is 0.286. The second-order valence-corrected chi connectivity index (χ2v) is 5.87. The number of nitrogens with zero attached hydrogens (tertiary/aromatic N) is 1. The van der Waals surface area contributed by atoms with Crippen LogP contribution in [0.25, 0.3) is 0 Å². The normalized spacial score (nSPS) is 10.7. The Morgan fingerprint density at radius 3 is 2.84 bits per heavy atom. The molecule has 1 aromatic carbocycles. The van der Waals surface area contributed by atoms with Gasteiger partial charge in [-0.15, -0.1) is 0 Å².